The molecule has 2 aliphatic rings. The summed E-state index contributed by atoms with van der Waals surface area (Å²) < 4.78 is 2.35. The molecule has 4 rings (SSSR count). The highest BCUT2D eigenvalue weighted by atomic mass is 32.2. The van der Waals surface area contributed by atoms with Crippen molar-refractivity contribution in [3.8, 4) is 11.3 Å². The van der Waals surface area contributed by atoms with E-state index < -0.39 is 0 Å². The molecule has 2 heterocycles. The summed E-state index contributed by atoms with van der Waals surface area (Å²) in [5.41, 5.74) is 6.70. The van der Waals surface area contributed by atoms with Gasteiger partial charge in [-0.2, -0.15) is 4.57 Å². The van der Waals surface area contributed by atoms with E-state index in [1.165, 1.54) is 48.3 Å². The van der Waals surface area contributed by atoms with Crippen LogP contribution in [0.3, 0.4) is 0 Å². The lowest BCUT2D eigenvalue weighted by molar-refractivity contribution is -0.663. The Morgan fingerprint density at radius 2 is 1.88 bits per heavy atom. The van der Waals surface area contributed by atoms with Crippen molar-refractivity contribution in [2.45, 2.75) is 38.5 Å². The topological polar surface area (TPSA) is 3.88 Å². The number of rotatable bonds is 1. The smallest absolute Gasteiger partial charge is 0.194 e. The molecular formula is C23H26NS+. The van der Waals surface area contributed by atoms with Crippen LogP contribution in [0.15, 0.2) is 47.4 Å². The zero-order valence-corrected chi connectivity index (χ0v) is 16.5. The van der Waals surface area contributed by atoms with Gasteiger partial charge in [-0.05, 0) is 37.1 Å². The van der Waals surface area contributed by atoms with Crippen molar-refractivity contribution in [2.75, 3.05) is 0 Å². The zero-order chi connectivity index (χ0) is 18.1. The normalized spacial score (nSPS) is 14.4. The Labute approximate surface area is 155 Å². The average molecular weight is 349 g/mol. The molecular weight excluding hydrogens is 322 g/mol. The number of fused-ring (bicyclic) bond motifs is 4. The Hall–Kier alpha value is -2.06. The van der Waals surface area contributed by atoms with Gasteiger partial charge in [0.25, 0.3) is 0 Å². The minimum atomic E-state index is 1.08. The first kappa shape index (κ1) is 17.8. The van der Waals surface area contributed by atoms with Gasteiger partial charge in [-0.1, -0.05) is 62.5 Å². The van der Waals surface area contributed by atoms with E-state index in [2.05, 4.69) is 62.0 Å². The summed E-state index contributed by atoms with van der Waals surface area (Å²) in [6.07, 6.45) is 6.51. The number of hydrogen-bond donors (Lipinski definition) is 0. The summed E-state index contributed by atoms with van der Waals surface area (Å²) in [5, 5.41) is 2.44. The zero-order valence-electron chi connectivity index (χ0n) is 15.6. The minimum absolute atomic E-state index is 1.08. The fourth-order valence-corrected chi connectivity index (χ4v) is 4.74. The third-order valence-electron chi connectivity index (χ3n) is 4.86. The number of aromatic nitrogens is 1. The fraction of sp³-hybridized carbons (Fsp3) is 0.261. The van der Waals surface area contributed by atoms with Gasteiger partial charge in [0.2, 0.25) is 11.4 Å². The number of hydrogen-bond acceptors (Lipinski definition) is 1. The van der Waals surface area contributed by atoms with E-state index in [9.17, 15) is 0 Å². The molecule has 0 amide bonds. The molecule has 128 valence electrons. The third-order valence-corrected chi connectivity index (χ3v) is 6.02. The van der Waals surface area contributed by atoms with Crippen molar-refractivity contribution in [2.24, 2.45) is 7.05 Å². The molecule has 0 radical (unpaired) electrons. The Bertz CT molecular complexity index is 996. The maximum absolute atomic E-state index is 4.46. The molecule has 25 heavy (non-hydrogen) atoms. The summed E-state index contributed by atoms with van der Waals surface area (Å²) in [6, 6.07) is 8.62. The number of thioether (sulfide) groups is 1. The van der Waals surface area contributed by atoms with Gasteiger partial charge < -0.3 is 0 Å². The van der Waals surface area contributed by atoms with Crippen LogP contribution in [0, 0.1) is 0 Å². The van der Waals surface area contributed by atoms with E-state index in [1.54, 1.807) is 11.8 Å². The van der Waals surface area contributed by atoms with Gasteiger partial charge in [-0.3, -0.25) is 0 Å². The molecule has 0 N–H and O–H groups in total. The van der Waals surface area contributed by atoms with Crippen molar-refractivity contribution in [1.82, 2.24) is 0 Å². The standard InChI is InChI=1S/C21H20NS.C2H6/c1-5-18-20-14(3)15-11-10-13(2)12-17(15)22(4)21(20)16-8-6-7-9-19(16)23-18;1-2/h5-9,12H,1,3,10-11H2,2,4H3;1-2H3/q+1;. The van der Waals surface area contributed by atoms with Crippen molar-refractivity contribution in [3.05, 3.63) is 64.2 Å². The first-order chi connectivity index (χ1) is 12.1. The number of benzene rings is 1. The van der Waals surface area contributed by atoms with Gasteiger partial charge >= 0.3 is 0 Å². The molecule has 0 spiro atoms. The molecule has 1 aromatic carbocycles. The van der Waals surface area contributed by atoms with Crippen LogP contribution in [0.1, 0.15) is 38.4 Å². The maximum Gasteiger partial charge on any atom is 0.222 e. The fourth-order valence-electron chi connectivity index (χ4n) is 3.67. The summed E-state index contributed by atoms with van der Waals surface area (Å²) in [5.74, 6) is 0. The van der Waals surface area contributed by atoms with Gasteiger partial charge in [0.05, 0.1) is 10.8 Å². The largest absolute Gasteiger partial charge is 0.222 e. The first-order valence-electron chi connectivity index (χ1n) is 8.96. The summed E-state index contributed by atoms with van der Waals surface area (Å²) in [4.78, 5) is 2.51. The van der Waals surface area contributed by atoms with E-state index >= 15 is 0 Å². The number of nitrogens with zero attached hydrogens (tertiary/aromatic N) is 1. The van der Waals surface area contributed by atoms with Crippen LogP contribution in [-0.2, 0) is 13.5 Å². The predicted octanol–water partition coefficient (Wildman–Crippen LogP) is 4.36. The summed E-state index contributed by atoms with van der Waals surface area (Å²) in [6.45, 7) is 14.7. The van der Waals surface area contributed by atoms with Crippen LogP contribution >= 0.6 is 11.8 Å². The lowest BCUT2D eigenvalue weighted by atomic mass is 9.92. The Morgan fingerprint density at radius 1 is 1.16 bits per heavy atom. The van der Waals surface area contributed by atoms with E-state index in [-0.39, 0.29) is 0 Å². The van der Waals surface area contributed by atoms with E-state index in [4.69, 9.17) is 0 Å². The summed E-state index contributed by atoms with van der Waals surface area (Å²) in [7, 11) is 2.18. The molecule has 0 bridgehead atoms. The monoisotopic (exact) mass is 348 g/mol. The van der Waals surface area contributed by atoms with Gasteiger partial charge in [0.15, 0.2) is 0 Å². The van der Waals surface area contributed by atoms with Crippen LogP contribution in [0.25, 0.3) is 28.8 Å². The maximum atomic E-state index is 4.46. The predicted molar refractivity (Wildman–Crippen MR) is 111 cm³/mol. The highest BCUT2D eigenvalue weighted by Gasteiger charge is 2.29. The second-order valence-corrected chi connectivity index (χ2v) is 7.37. The molecule has 2 aromatic rings. The highest BCUT2D eigenvalue weighted by molar-refractivity contribution is 8.08. The van der Waals surface area contributed by atoms with E-state index in [0.29, 0.717) is 0 Å². The molecule has 1 aliphatic carbocycles. The van der Waals surface area contributed by atoms with Gasteiger partial charge in [-0.15, -0.1) is 0 Å². The van der Waals surface area contributed by atoms with Gasteiger partial charge in [0.1, 0.15) is 7.05 Å². The Balaban J connectivity index is 0.000000880. The average Bonchev–Trinajstić information content (AvgIpc) is 2.66. The van der Waals surface area contributed by atoms with Gasteiger partial charge in [0, 0.05) is 21.4 Å². The van der Waals surface area contributed by atoms with Crippen molar-refractivity contribution < 1.29 is 4.57 Å². The first-order valence-corrected chi connectivity index (χ1v) is 9.78. The Morgan fingerprint density at radius 3 is 2.60 bits per heavy atom. The van der Waals surface area contributed by atoms with Crippen molar-refractivity contribution in [1.29, 1.82) is 0 Å². The van der Waals surface area contributed by atoms with Crippen molar-refractivity contribution >= 4 is 29.3 Å². The number of pyridine rings is 1. The van der Waals surface area contributed by atoms with Crippen LogP contribution in [-0.4, -0.2) is 0 Å². The van der Waals surface area contributed by atoms with Crippen LogP contribution in [0.4, 0.5) is 0 Å². The lowest BCUT2D eigenvalue weighted by Gasteiger charge is -2.20. The molecule has 0 saturated carbocycles. The molecule has 1 aromatic heterocycles. The molecule has 0 atom stereocenters. The third kappa shape index (κ3) is 2.79. The second-order valence-electron chi connectivity index (χ2n) is 6.28. The number of allylic oxidation sites excluding steroid dienone is 1. The Kier molecular flexibility index (Phi) is 5.01. The van der Waals surface area contributed by atoms with E-state index in [0.717, 1.165) is 12.8 Å². The molecule has 0 saturated heterocycles. The van der Waals surface area contributed by atoms with Crippen LogP contribution in [0.2, 0.25) is 0 Å². The molecule has 0 unspecified atom stereocenters. The van der Waals surface area contributed by atoms with E-state index in [1.807, 2.05) is 19.9 Å². The van der Waals surface area contributed by atoms with Gasteiger partial charge in [-0.25, -0.2) is 0 Å². The second kappa shape index (κ2) is 7.05. The minimum Gasteiger partial charge on any atom is -0.194 e. The highest BCUT2D eigenvalue weighted by Crippen LogP contribution is 2.38. The summed E-state index contributed by atoms with van der Waals surface area (Å²) >= 11 is 1.80. The SMILES string of the molecule is C=CC1=c2c([n+](C)c3c(c2=C)CCC(C)=C3)-c2ccccc2S1.CC. The van der Waals surface area contributed by atoms with Crippen LogP contribution < -0.4 is 15.0 Å². The van der Waals surface area contributed by atoms with Crippen LogP contribution in [0.5, 0.6) is 0 Å². The quantitative estimate of drug-likeness (QED) is 0.693. The van der Waals surface area contributed by atoms with Crippen molar-refractivity contribution in [3.63, 3.8) is 0 Å². The molecule has 2 heteroatoms. The molecule has 0 fully saturated rings. The molecule has 1 nitrogen and oxygen atoms in total. The lowest BCUT2D eigenvalue weighted by Crippen LogP contribution is -2.50. The molecule has 1 aliphatic heterocycles.